The normalized spacial score (nSPS) is 21.2. The molecule has 1 aromatic heterocycles. The third-order valence-electron chi connectivity index (χ3n) is 5.93. The van der Waals surface area contributed by atoms with Crippen molar-refractivity contribution in [3.63, 3.8) is 0 Å². The number of likely N-dealkylation sites (tertiary alicyclic amines) is 1. The first-order valence-electron chi connectivity index (χ1n) is 10.5. The highest BCUT2D eigenvalue weighted by molar-refractivity contribution is 6.36. The zero-order valence-corrected chi connectivity index (χ0v) is 18.7. The lowest BCUT2D eigenvalue weighted by molar-refractivity contribution is -0.136. The number of hydrogen-bond donors (Lipinski definition) is 0. The van der Waals surface area contributed by atoms with Crippen molar-refractivity contribution < 1.29 is 9.21 Å². The van der Waals surface area contributed by atoms with Crippen LogP contribution in [-0.4, -0.2) is 76.1 Å². The third kappa shape index (κ3) is 5.14. The number of nitrogens with zero attached hydrogens (tertiary/aromatic N) is 5. The van der Waals surface area contributed by atoms with Crippen LogP contribution in [0, 0.1) is 0 Å². The standard InChI is InChI=1S/C21H27Cl2N5O2/c1-15-4-2-3-7-28(15)20(29)14-27-10-8-26(9-11-27)13-19-24-25-21(30-19)17-6-5-16(22)12-18(17)23/h5-6,12,15H,2-4,7-11,13-14H2,1H3. The molecular formula is C21H27Cl2N5O2. The Morgan fingerprint density at radius 3 is 2.60 bits per heavy atom. The summed E-state index contributed by atoms with van der Waals surface area (Å²) in [5, 5.41) is 9.34. The van der Waals surface area contributed by atoms with Crippen LogP contribution in [0.15, 0.2) is 22.6 Å². The van der Waals surface area contributed by atoms with Crippen LogP contribution in [0.5, 0.6) is 0 Å². The molecule has 0 N–H and O–H groups in total. The SMILES string of the molecule is CC1CCCCN1C(=O)CN1CCN(Cc2nnc(-c3ccc(Cl)cc3Cl)o2)CC1. The van der Waals surface area contributed by atoms with Gasteiger partial charge in [-0.1, -0.05) is 23.2 Å². The molecule has 1 amide bonds. The predicted molar refractivity (Wildman–Crippen MR) is 116 cm³/mol. The van der Waals surface area contributed by atoms with Gasteiger partial charge in [-0.25, -0.2) is 0 Å². The largest absolute Gasteiger partial charge is 0.419 e. The van der Waals surface area contributed by atoms with Crippen molar-refractivity contribution in [2.24, 2.45) is 0 Å². The summed E-state index contributed by atoms with van der Waals surface area (Å²) >= 11 is 12.2. The third-order valence-corrected chi connectivity index (χ3v) is 6.48. The molecule has 0 saturated carbocycles. The van der Waals surface area contributed by atoms with Gasteiger partial charge in [-0.2, -0.15) is 0 Å². The van der Waals surface area contributed by atoms with E-state index in [1.54, 1.807) is 18.2 Å². The van der Waals surface area contributed by atoms with Crippen molar-refractivity contribution in [2.75, 3.05) is 39.3 Å². The van der Waals surface area contributed by atoms with E-state index >= 15 is 0 Å². The van der Waals surface area contributed by atoms with Crippen LogP contribution in [0.1, 0.15) is 32.1 Å². The topological polar surface area (TPSA) is 65.7 Å². The van der Waals surface area contributed by atoms with E-state index in [-0.39, 0.29) is 5.91 Å². The lowest BCUT2D eigenvalue weighted by Crippen LogP contribution is -2.51. The number of piperidine rings is 1. The van der Waals surface area contributed by atoms with Crippen molar-refractivity contribution in [2.45, 2.75) is 38.8 Å². The Morgan fingerprint density at radius 1 is 1.10 bits per heavy atom. The van der Waals surface area contributed by atoms with Gasteiger partial charge >= 0.3 is 0 Å². The monoisotopic (exact) mass is 451 g/mol. The molecule has 4 rings (SSSR count). The van der Waals surface area contributed by atoms with Crippen molar-refractivity contribution in [3.8, 4) is 11.5 Å². The van der Waals surface area contributed by atoms with E-state index in [4.69, 9.17) is 27.6 Å². The average Bonchev–Trinajstić information content (AvgIpc) is 3.18. The van der Waals surface area contributed by atoms with Crippen molar-refractivity contribution in [1.29, 1.82) is 0 Å². The van der Waals surface area contributed by atoms with Gasteiger partial charge in [-0.15, -0.1) is 10.2 Å². The molecule has 30 heavy (non-hydrogen) atoms. The first-order chi connectivity index (χ1) is 14.5. The summed E-state index contributed by atoms with van der Waals surface area (Å²) in [7, 11) is 0. The average molecular weight is 452 g/mol. The van der Waals surface area contributed by atoms with Crippen LogP contribution < -0.4 is 0 Å². The van der Waals surface area contributed by atoms with Gasteiger partial charge in [-0.3, -0.25) is 14.6 Å². The van der Waals surface area contributed by atoms with Crippen LogP contribution in [0.25, 0.3) is 11.5 Å². The minimum absolute atomic E-state index is 0.261. The van der Waals surface area contributed by atoms with Gasteiger partial charge < -0.3 is 9.32 Å². The Labute approximate surface area is 186 Å². The lowest BCUT2D eigenvalue weighted by Gasteiger charge is -2.37. The second kappa shape index (κ2) is 9.64. The number of piperazine rings is 1. The predicted octanol–water partition coefficient (Wildman–Crippen LogP) is 3.56. The quantitative estimate of drug-likeness (QED) is 0.691. The second-order valence-corrected chi connectivity index (χ2v) is 8.95. The molecule has 0 radical (unpaired) electrons. The fourth-order valence-electron chi connectivity index (χ4n) is 4.14. The lowest BCUT2D eigenvalue weighted by atomic mass is 10.0. The number of benzene rings is 1. The highest BCUT2D eigenvalue weighted by Gasteiger charge is 2.26. The first-order valence-corrected chi connectivity index (χ1v) is 11.3. The van der Waals surface area contributed by atoms with E-state index in [2.05, 4.69) is 31.8 Å². The van der Waals surface area contributed by atoms with Gasteiger partial charge in [0.15, 0.2) is 0 Å². The maximum absolute atomic E-state index is 12.7. The maximum Gasteiger partial charge on any atom is 0.249 e. The molecule has 7 nitrogen and oxygen atoms in total. The molecule has 2 aromatic rings. The summed E-state index contributed by atoms with van der Waals surface area (Å²) < 4.78 is 5.81. The maximum atomic E-state index is 12.7. The van der Waals surface area contributed by atoms with Gasteiger partial charge in [0.1, 0.15) is 0 Å². The zero-order chi connectivity index (χ0) is 21.1. The molecular weight excluding hydrogens is 425 g/mol. The van der Waals surface area contributed by atoms with Crippen molar-refractivity contribution in [1.82, 2.24) is 24.9 Å². The second-order valence-electron chi connectivity index (χ2n) is 8.11. The molecule has 0 bridgehead atoms. The number of rotatable bonds is 5. The molecule has 2 saturated heterocycles. The molecule has 3 heterocycles. The van der Waals surface area contributed by atoms with E-state index in [9.17, 15) is 4.79 Å². The molecule has 2 aliphatic rings. The Balaban J connectivity index is 1.27. The van der Waals surface area contributed by atoms with E-state index < -0.39 is 0 Å². The summed E-state index contributed by atoms with van der Waals surface area (Å²) in [5.41, 5.74) is 0.676. The molecule has 0 aliphatic carbocycles. The highest BCUT2D eigenvalue weighted by Crippen LogP contribution is 2.29. The van der Waals surface area contributed by atoms with Gasteiger partial charge in [0.25, 0.3) is 0 Å². The number of aromatic nitrogens is 2. The number of amides is 1. The van der Waals surface area contributed by atoms with Crippen molar-refractivity contribution >= 4 is 29.1 Å². The van der Waals surface area contributed by atoms with Crippen LogP contribution in [0.3, 0.4) is 0 Å². The summed E-state index contributed by atoms with van der Waals surface area (Å²) in [6.07, 6.45) is 3.47. The van der Waals surface area contributed by atoms with Crippen molar-refractivity contribution in [3.05, 3.63) is 34.1 Å². The fourth-order valence-corrected chi connectivity index (χ4v) is 4.63. The Bertz CT molecular complexity index is 882. The summed E-state index contributed by atoms with van der Waals surface area (Å²) in [5.74, 6) is 1.21. The van der Waals surface area contributed by atoms with E-state index in [1.165, 1.54) is 6.42 Å². The molecule has 1 unspecified atom stereocenters. The molecule has 1 atom stereocenters. The number of carbonyl (C=O) groups excluding carboxylic acids is 1. The van der Waals surface area contributed by atoms with E-state index in [0.29, 0.717) is 46.5 Å². The van der Waals surface area contributed by atoms with Crippen LogP contribution in [0.4, 0.5) is 0 Å². The molecule has 9 heteroatoms. The molecule has 2 fully saturated rings. The molecule has 162 valence electrons. The van der Waals surface area contributed by atoms with E-state index in [1.807, 2.05) is 0 Å². The highest BCUT2D eigenvalue weighted by atomic mass is 35.5. The number of carbonyl (C=O) groups is 1. The summed E-state index contributed by atoms with van der Waals surface area (Å²) in [4.78, 5) is 19.2. The number of halogens is 2. The zero-order valence-electron chi connectivity index (χ0n) is 17.2. The van der Waals surface area contributed by atoms with Crippen LogP contribution in [-0.2, 0) is 11.3 Å². The summed E-state index contributed by atoms with van der Waals surface area (Å²) in [6, 6.07) is 5.56. The van der Waals surface area contributed by atoms with Crippen LogP contribution in [0.2, 0.25) is 10.0 Å². The van der Waals surface area contributed by atoms with Crippen LogP contribution >= 0.6 is 23.2 Å². The smallest absolute Gasteiger partial charge is 0.249 e. The van der Waals surface area contributed by atoms with Gasteiger partial charge in [0.2, 0.25) is 17.7 Å². The number of hydrogen-bond acceptors (Lipinski definition) is 6. The van der Waals surface area contributed by atoms with Gasteiger partial charge in [0.05, 0.1) is 23.7 Å². The molecule has 0 spiro atoms. The Morgan fingerprint density at radius 2 is 1.87 bits per heavy atom. The van der Waals surface area contributed by atoms with Gasteiger partial charge in [-0.05, 0) is 44.4 Å². The Kier molecular flexibility index (Phi) is 6.93. The Hall–Kier alpha value is -1.67. The molecule has 1 aromatic carbocycles. The summed E-state index contributed by atoms with van der Waals surface area (Å²) in [6.45, 7) is 7.60. The minimum Gasteiger partial charge on any atom is -0.419 e. The first kappa shape index (κ1) is 21.6. The van der Waals surface area contributed by atoms with Gasteiger partial charge in [0, 0.05) is 43.8 Å². The van der Waals surface area contributed by atoms with E-state index in [0.717, 1.165) is 45.6 Å². The minimum atomic E-state index is 0.261. The molecule has 2 aliphatic heterocycles. The fraction of sp³-hybridized carbons (Fsp3) is 0.571.